The van der Waals surface area contributed by atoms with Gasteiger partial charge in [0.15, 0.2) is 0 Å². The lowest BCUT2D eigenvalue weighted by Gasteiger charge is -2.16. The number of aliphatic carboxylic acids is 1. The summed E-state index contributed by atoms with van der Waals surface area (Å²) in [5, 5.41) is 9.02. The third-order valence-electron chi connectivity index (χ3n) is 4.02. The zero-order valence-electron chi connectivity index (χ0n) is 12.9. The quantitative estimate of drug-likeness (QED) is 0.876. The van der Waals surface area contributed by atoms with E-state index in [9.17, 15) is 14.0 Å². The van der Waals surface area contributed by atoms with Crippen LogP contribution in [0.4, 0.5) is 10.1 Å². The normalized spacial score (nSPS) is 17.6. The van der Waals surface area contributed by atoms with Gasteiger partial charge in [-0.15, -0.1) is 0 Å². The zero-order valence-corrected chi connectivity index (χ0v) is 12.9. The average molecular weight is 325 g/mol. The van der Waals surface area contributed by atoms with Crippen molar-refractivity contribution in [3.8, 4) is 0 Å². The average Bonchev–Trinajstić information content (AvgIpc) is 2.97. The molecule has 1 amide bonds. The second-order valence-electron chi connectivity index (χ2n) is 5.72. The molecule has 0 spiro atoms. The molecule has 0 radical (unpaired) electrons. The van der Waals surface area contributed by atoms with E-state index in [2.05, 4.69) is 0 Å². The highest BCUT2D eigenvalue weighted by molar-refractivity contribution is 5.99. The Labute approximate surface area is 138 Å². The van der Waals surface area contributed by atoms with E-state index in [1.54, 1.807) is 24.3 Å². The molecule has 5 heteroatoms. The Hall–Kier alpha value is -2.95. The van der Waals surface area contributed by atoms with Crippen LogP contribution in [0.3, 0.4) is 0 Å². The van der Waals surface area contributed by atoms with Crippen LogP contribution in [0, 0.1) is 11.7 Å². The van der Waals surface area contributed by atoms with Crippen molar-refractivity contribution in [1.82, 2.24) is 0 Å². The minimum absolute atomic E-state index is 0.0432. The summed E-state index contributed by atoms with van der Waals surface area (Å²) in [6, 6.07) is 13.5. The summed E-state index contributed by atoms with van der Waals surface area (Å²) in [4.78, 5) is 24.4. The van der Waals surface area contributed by atoms with Crippen LogP contribution in [0.2, 0.25) is 0 Å². The highest BCUT2D eigenvalue weighted by Crippen LogP contribution is 2.25. The molecule has 1 aliphatic rings. The number of carboxylic acids is 1. The monoisotopic (exact) mass is 325 g/mol. The summed E-state index contributed by atoms with van der Waals surface area (Å²) >= 11 is 0. The summed E-state index contributed by atoms with van der Waals surface area (Å²) < 4.78 is 12.9. The van der Waals surface area contributed by atoms with Gasteiger partial charge >= 0.3 is 5.97 Å². The first kappa shape index (κ1) is 15.9. The maximum Gasteiger partial charge on any atom is 0.308 e. The Morgan fingerprint density at radius 1 is 1.04 bits per heavy atom. The number of hydrogen-bond donors (Lipinski definition) is 1. The van der Waals surface area contributed by atoms with Gasteiger partial charge in [-0.2, -0.15) is 0 Å². The van der Waals surface area contributed by atoms with Crippen molar-refractivity contribution < 1.29 is 19.1 Å². The Balaban J connectivity index is 1.70. The van der Waals surface area contributed by atoms with Gasteiger partial charge in [-0.05, 0) is 35.4 Å². The molecule has 1 N–H and O–H groups in total. The molecular weight excluding hydrogens is 309 g/mol. The fraction of sp³-hybridized carbons (Fsp3) is 0.158. The van der Waals surface area contributed by atoms with Gasteiger partial charge in [0.05, 0.1) is 5.92 Å². The van der Waals surface area contributed by atoms with E-state index in [0.717, 1.165) is 11.1 Å². The summed E-state index contributed by atoms with van der Waals surface area (Å²) in [7, 11) is 0. The number of halogens is 1. The van der Waals surface area contributed by atoms with E-state index in [-0.39, 0.29) is 24.7 Å². The molecule has 0 saturated carbocycles. The van der Waals surface area contributed by atoms with E-state index >= 15 is 0 Å². The molecular formula is C19H16FNO3. The van der Waals surface area contributed by atoms with E-state index in [4.69, 9.17) is 5.11 Å². The smallest absolute Gasteiger partial charge is 0.308 e. The predicted molar refractivity (Wildman–Crippen MR) is 89.9 cm³/mol. The molecule has 3 rings (SSSR count). The number of anilines is 1. The van der Waals surface area contributed by atoms with Gasteiger partial charge in [0.25, 0.3) is 0 Å². The third kappa shape index (κ3) is 3.51. The van der Waals surface area contributed by atoms with Gasteiger partial charge < -0.3 is 10.0 Å². The number of carboxylic acid groups (broad SMARTS) is 1. The lowest BCUT2D eigenvalue weighted by atomic mass is 10.1. The minimum Gasteiger partial charge on any atom is -0.481 e. The molecule has 1 atom stereocenters. The van der Waals surface area contributed by atoms with Gasteiger partial charge in [-0.25, -0.2) is 4.39 Å². The first-order valence-corrected chi connectivity index (χ1v) is 7.60. The molecule has 0 bridgehead atoms. The molecule has 1 heterocycles. The van der Waals surface area contributed by atoms with Crippen molar-refractivity contribution in [2.75, 3.05) is 11.4 Å². The van der Waals surface area contributed by atoms with Crippen molar-refractivity contribution in [3.63, 3.8) is 0 Å². The maximum atomic E-state index is 12.9. The van der Waals surface area contributed by atoms with E-state index in [0.29, 0.717) is 5.69 Å². The largest absolute Gasteiger partial charge is 0.481 e. The molecule has 1 aliphatic heterocycles. The second kappa shape index (κ2) is 6.66. The van der Waals surface area contributed by atoms with Crippen molar-refractivity contribution in [3.05, 3.63) is 65.5 Å². The van der Waals surface area contributed by atoms with Crippen LogP contribution in [0.5, 0.6) is 0 Å². The molecule has 0 aliphatic carbocycles. The lowest BCUT2D eigenvalue weighted by molar-refractivity contribution is -0.141. The Morgan fingerprint density at radius 3 is 2.08 bits per heavy atom. The molecule has 4 nitrogen and oxygen atoms in total. The van der Waals surface area contributed by atoms with Gasteiger partial charge in [-0.1, -0.05) is 36.4 Å². The van der Waals surface area contributed by atoms with E-state index in [1.165, 1.54) is 17.0 Å². The standard InChI is InChI=1S/C19H16FNO3/c20-16-7-3-13(4-8-16)1-2-14-5-9-17(10-6-14)21-12-15(19(23)24)11-18(21)22/h1-10,15H,11-12H2,(H,23,24). The molecule has 0 aromatic heterocycles. The molecule has 24 heavy (non-hydrogen) atoms. The number of nitrogens with zero attached hydrogens (tertiary/aromatic N) is 1. The minimum atomic E-state index is -0.940. The summed E-state index contributed by atoms with van der Waals surface area (Å²) in [5.74, 6) is -2.02. The van der Waals surface area contributed by atoms with Gasteiger partial charge in [-0.3, -0.25) is 9.59 Å². The molecule has 2 aromatic carbocycles. The molecule has 1 unspecified atom stereocenters. The first-order chi connectivity index (χ1) is 11.5. The Morgan fingerprint density at radius 2 is 1.58 bits per heavy atom. The van der Waals surface area contributed by atoms with Crippen molar-refractivity contribution >= 4 is 29.7 Å². The van der Waals surface area contributed by atoms with Crippen molar-refractivity contribution in [1.29, 1.82) is 0 Å². The fourth-order valence-corrected chi connectivity index (χ4v) is 2.65. The number of benzene rings is 2. The van der Waals surface area contributed by atoms with Crippen LogP contribution in [-0.2, 0) is 9.59 Å². The van der Waals surface area contributed by atoms with Crippen molar-refractivity contribution in [2.45, 2.75) is 6.42 Å². The summed E-state index contributed by atoms with van der Waals surface area (Å²) in [6.07, 6.45) is 3.81. The van der Waals surface area contributed by atoms with Gasteiger partial charge in [0.1, 0.15) is 5.82 Å². The second-order valence-corrected chi connectivity index (χ2v) is 5.72. The number of rotatable bonds is 4. The number of amides is 1. The highest BCUT2D eigenvalue weighted by Gasteiger charge is 2.34. The van der Waals surface area contributed by atoms with Crippen LogP contribution in [0.1, 0.15) is 17.5 Å². The molecule has 1 saturated heterocycles. The first-order valence-electron chi connectivity index (χ1n) is 7.60. The maximum absolute atomic E-state index is 12.9. The Bertz CT molecular complexity index is 781. The SMILES string of the molecule is O=C(O)C1CC(=O)N(c2ccc(C=Cc3ccc(F)cc3)cc2)C1. The number of hydrogen-bond acceptors (Lipinski definition) is 2. The van der Waals surface area contributed by atoms with Crippen LogP contribution < -0.4 is 4.90 Å². The van der Waals surface area contributed by atoms with Crippen molar-refractivity contribution in [2.24, 2.45) is 5.92 Å². The third-order valence-corrected chi connectivity index (χ3v) is 4.02. The fourth-order valence-electron chi connectivity index (χ4n) is 2.65. The van der Waals surface area contributed by atoms with Crippen LogP contribution in [0.25, 0.3) is 12.2 Å². The van der Waals surface area contributed by atoms with E-state index in [1.807, 2.05) is 24.3 Å². The topological polar surface area (TPSA) is 57.6 Å². The molecule has 1 fully saturated rings. The van der Waals surface area contributed by atoms with E-state index < -0.39 is 11.9 Å². The van der Waals surface area contributed by atoms with Crippen LogP contribution in [0.15, 0.2) is 48.5 Å². The number of carbonyl (C=O) groups excluding carboxylic acids is 1. The molecule has 122 valence electrons. The van der Waals surface area contributed by atoms with Crippen LogP contribution >= 0.6 is 0 Å². The molecule has 2 aromatic rings. The predicted octanol–water partition coefficient (Wildman–Crippen LogP) is 3.43. The highest BCUT2D eigenvalue weighted by atomic mass is 19.1. The van der Waals surface area contributed by atoms with Gasteiger partial charge in [0, 0.05) is 18.7 Å². The lowest BCUT2D eigenvalue weighted by Crippen LogP contribution is -2.25. The summed E-state index contributed by atoms with van der Waals surface area (Å²) in [5.41, 5.74) is 2.52. The van der Waals surface area contributed by atoms with Crippen LogP contribution in [-0.4, -0.2) is 23.5 Å². The number of carbonyl (C=O) groups is 2. The zero-order chi connectivity index (χ0) is 17.1. The Kier molecular flexibility index (Phi) is 4.42. The summed E-state index contributed by atoms with van der Waals surface area (Å²) in [6.45, 7) is 0.207. The van der Waals surface area contributed by atoms with Gasteiger partial charge in [0.2, 0.25) is 5.91 Å².